The zero-order valence-corrected chi connectivity index (χ0v) is 13.1. The van der Waals surface area contributed by atoms with E-state index in [1.165, 1.54) is 0 Å². The minimum atomic E-state index is -2.90. The molecule has 0 bridgehead atoms. The van der Waals surface area contributed by atoms with E-state index in [0.29, 0.717) is 18.3 Å². The molecule has 1 atom stereocenters. The maximum absolute atomic E-state index is 11.8. The summed E-state index contributed by atoms with van der Waals surface area (Å²) in [6, 6.07) is 0. The van der Waals surface area contributed by atoms with Crippen molar-refractivity contribution in [2.75, 3.05) is 32.6 Å². The van der Waals surface area contributed by atoms with Gasteiger partial charge < -0.3 is 10.1 Å². The number of rotatable bonds is 11. The van der Waals surface area contributed by atoms with Crippen LogP contribution in [0.4, 0.5) is 0 Å². The number of nitrogens with one attached hydrogen (secondary N) is 1. The molecule has 0 amide bonds. The minimum Gasteiger partial charge on any atom is -0.383 e. The van der Waals surface area contributed by atoms with Crippen molar-refractivity contribution < 1.29 is 13.2 Å². The summed E-state index contributed by atoms with van der Waals surface area (Å²) in [5, 5.41) is 3.05. The van der Waals surface area contributed by atoms with Crippen molar-refractivity contribution in [3.05, 3.63) is 0 Å². The molecule has 5 heteroatoms. The van der Waals surface area contributed by atoms with Crippen LogP contribution in [-0.4, -0.2) is 46.2 Å². The highest BCUT2D eigenvalue weighted by Crippen LogP contribution is 2.13. The van der Waals surface area contributed by atoms with Gasteiger partial charge in [-0.25, -0.2) is 8.42 Å². The van der Waals surface area contributed by atoms with Crippen molar-refractivity contribution >= 4 is 9.84 Å². The summed E-state index contributed by atoms with van der Waals surface area (Å²) < 4.78 is 28.5. The number of methoxy groups -OCH3 is 1. The fourth-order valence-corrected chi connectivity index (χ4v) is 2.94. The van der Waals surface area contributed by atoms with Crippen LogP contribution in [0, 0.1) is 5.92 Å². The third-order valence-electron chi connectivity index (χ3n) is 3.14. The average molecular weight is 279 g/mol. The summed E-state index contributed by atoms with van der Waals surface area (Å²) in [6.07, 6.45) is 2.93. The maximum atomic E-state index is 11.8. The molecule has 0 spiro atoms. The van der Waals surface area contributed by atoms with E-state index in [-0.39, 0.29) is 5.25 Å². The van der Waals surface area contributed by atoms with Gasteiger partial charge in [-0.1, -0.05) is 13.3 Å². The van der Waals surface area contributed by atoms with E-state index in [9.17, 15) is 8.42 Å². The van der Waals surface area contributed by atoms with E-state index < -0.39 is 9.84 Å². The summed E-state index contributed by atoms with van der Waals surface area (Å²) in [7, 11) is -1.22. The summed E-state index contributed by atoms with van der Waals surface area (Å²) in [5.41, 5.74) is 0. The molecule has 0 aliphatic carbocycles. The topological polar surface area (TPSA) is 55.4 Å². The molecule has 0 radical (unpaired) electrons. The summed E-state index contributed by atoms with van der Waals surface area (Å²) in [6.45, 7) is 8.04. The molecule has 0 saturated carbocycles. The van der Waals surface area contributed by atoms with E-state index >= 15 is 0 Å². The largest absolute Gasteiger partial charge is 0.383 e. The smallest absolute Gasteiger partial charge is 0.152 e. The van der Waals surface area contributed by atoms with Crippen molar-refractivity contribution in [3.8, 4) is 0 Å². The van der Waals surface area contributed by atoms with Crippen LogP contribution in [-0.2, 0) is 14.6 Å². The fraction of sp³-hybridized carbons (Fsp3) is 1.00. The second-order valence-electron chi connectivity index (χ2n) is 5.06. The number of hydrogen-bond acceptors (Lipinski definition) is 4. The van der Waals surface area contributed by atoms with Gasteiger partial charge in [0, 0.05) is 13.7 Å². The van der Waals surface area contributed by atoms with Crippen LogP contribution in [0.5, 0.6) is 0 Å². The standard InChI is InChI=1S/C13H29NO3S/c1-5-6-13(11-14-8-9-17-4)7-10-18(15,16)12(2)3/h12-14H,5-11H2,1-4H3. The molecular weight excluding hydrogens is 250 g/mol. The van der Waals surface area contributed by atoms with Crippen LogP contribution < -0.4 is 5.32 Å². The summed E-state index contributed by atoms with van der Waals surface area (Å²) >= 11 is 0. The molecule has 0 aliphatic heterocycles. The summed E-state index contributed by atoms with van der Waals surface area (Å²) in [5.74, 6) is 0.752. The first-order chi connectivity index (χ1) is 8.44. The lowest BCUT2D eigenvalue weighted by atomic mass is 10.0. The van der Waals surface area contributed by atoms with Crippen LogP contribution >= 0.6 is 0 Å². The second-order valence-corrected chi connectivity index (χ2v) is 7.73. The van der Waals surface area contributed by atoms with Crippen molar-refractivity contribution in [1.29, 1.82) is 0 Å². The van der Waals surface area contributed by atoms with Crippen LogP contribution in [0.25, 0.3) is 0 Å². The Balaban J connectivity index is 4.03. The highest BCUT2D eigenvalue weighted by Gasteiger charge is 2.18. The Hall–Kier alpha value is -0.130. The molecule has 0 fully saturated rings. The normalized spacial score (nSPS) is 14.1. The van der Waals surface area contributed by atoms with Gasteiger partial charge in [-0.3, -0.25) is 0 Å². The first-order valence-electron chi connectivity index (χ1n) is 6.85. The van der Waals surface area contributed by atoms with E-state index in [0.717, 1.165) is 32.4 Å². The Morgan fingerprint density at radius 2 is 1.89 bits per heavy atom. The van der Waals surface area contributed by atoms with E-state index in [4.69, 9.17) is 4.74 Å². The third-order valence-corrected chi connectivity index (χ3v) is 5.38. The third kappa shape index (κ3) is 8.06. The molecule has 1 N–H and O–H groups in total. The molecular formula is C13H29NO3S. The lowest BCUT2D eigenvalue weighted by Crippen LogP contribution is -2.28. The van der Waals surface area contributed by atoms with Crippen molar-refractivity contribution in [3.63, 3.8) is 0 Å². The van der Waals surface area contributed by atoms with E-state index in [1.807, 2.05) is 0 Å². The lowest BCUT2D eigenvalue weighted by molar-refractivity contribution is 0.197. The zero-order chi connectivity index (χ0) is 14.0. The fourth-order valence-electron chi connectivity index (χ4n) is 1.80. The molecule has 0 aromatic carbocycles. The Morgan fingerprint density at radius 1 is 1.22 bits per heavy atom. The molecule has 0 aromatic rings. The van der Waals surface area contributed by atoms with Crippen LogP contribution in [0.1, 0.15) is 40.0 Å². The highest BCUT2D eigenvalue weighted by atomic mass is 32.2. The number of sulfone groups is 1. The number of hydrogen-bond donors (Lipinski definition) is 1. The van der Waals surface area contributed by atoms with E-state index in [1.54, 1.807) is 21.0 Å². The first kappa shape index (κ1) is 17.9. The van der Waals surface area contributed by atoms with Gasteiger partial charge in [0.1, 0.15) is 0 Å². The first-order valence-corrected chi connectivity index (χ1v) is 8.56. The minimum absolute atomic E-state index is 0.263. The van der Waals surface area contributed by atoms with Crippen LogP contribution in [0.2, 0.25) is 0 Å². The molecule has 0 aliphatic rings. The average Bonchev–Trinajstić information content (AvgIpc) is 2.31. The predicted molar refractivity (Wildman–Crippen MR) is 76.7 cm³/mol. The maximum Gasteiger partial charge on any atom is 0.152 e. The van der Waals surface area contributed by atoms with Gasteiger partial charge in [-0.2, -0.15) is 0 Å². The Morgan fingerprint density at radius 3 is 2.39 bits per heavy atom. The number of ether oxygens (including phenoxy) is 1. The van der Waals surface area contributed by atoms with Crippen LogP contribution in [0.3, 0.4) is 0 Å². The molecule has 4 nitrogen and oxygen atoms in total. The van der Waals surface area contributed by atoms with Gasteiger partial charge >= 0.3 is 0 Å². The molecule has 0 heterocycles. The quantitative estimate of drug-likeness (QED) is 0.587. The molecule has 0 rings (SSSR count). The van der Waals surface area contributed by atoms with Gasteiger partial charge in [-0.05, 0) is 39.2 Å². The van der Waals surface area contributed by atoms with Gasteiger partial charge in [-0.15, -0.1) is 0 Å². The highest BCUT2D eigenvalue weighted by molar-refractivity contribution is 7.91. The Labute approximate surface area is 112 Å². The lowest BCUT2D eigenvalue weighted by Gasteiger charge is -2.17. The van der Waals surface area contributed by atoms with Crippen molar-refractivity contribution in [2.24, 2.45) is 5.92 Å². The van der Waals surface area contributed by atoms with Gasteiger partial charge in [0.05, 0.1) is 17.6 Å². The summed E-state index contributed by atoms with van der Waals surface area (Å²) in [4.78, 5) is 0. The van der Waals surface area contributed by atoms with Crippen molar-refractivity contribution in [1.82, 2.24) is 5.32 Å². The molecule has 110 valence electrons. The zero-order valence-electron chi connectivity index (χ0n) is 12.2. The SMILES string of the molecule is CCCC(CCS(=O)(=O)C(C)C)CNCCOC. The Bertz CT molecular complexity index is 289. The monoisotopic (exact) mass is 279 g/mol. The predicted octanol–water partition coefficient (Wildman–Crippen LogP) is 1.85. The molecule has 1 unspecified atom stereocenters. The second kappa shape index (κ2) is 9.75. The molecule has 0 aromatic heterocycles. The van der Waals surface area contributed by atoms with Crippen LogP contribution in [0.15, 0.2) is 0 Å². The Kier molecular flexibility index (Phi) is 9.68. The van der Waals surface area contributed by atoms with Gasteiger partial charge in [0.2, 0.25) is 0 Å². The van der Waals surface area contributed by atoms with Gasteiger partial charge in [0.15, 0.2) is 9.84 Å². The molecule has 0 saturated heterocycles. The van der Waals surface area contributed by atoms with Gasteiger partial charge in [0.25, 0.3) is 0 Å². The molecule has 18 heavy (non-hydrogen) atoms. The van der Waals surface area contributed by atoms with E-state index in [2.05, 4.69) is 12.2 Å². The van der Waals surface area contributed by atoms with Crippen molar-refractivity contribution in [2.45, 2.75) is 45.3 Å².